The standard InChI is InChI=1S/C29H32ClN7O10S2/c1-13(27(43)44)47-35-19(16-12-49-29(31)33-16)24(41)34-20-25(42)36-21(28(45)46)14(11-48-26(20)36)10-37(7-2-3-8-37)9-6-32-23(40)15-4-5-17(38)22(39)18(15)30/h4-5,12-13,20,26H,2-3,6-11H2,1H3,(H7-,31,32,33,34,35,38,39,40,41,43,44,45,46)/p+1/t13-,20+,26+/m0/s1. The molecular formula is C29H33ClN7O10S2+. The average molecular weight is 739 g/mol. The number of fused-ring (bicyclic) bond motifs is 1. The molecule has 2 aromatic rings. The molecule has 0 saturated carbocycles. The number of thioether (sulfide) groups is 1. The molecular weight excluding hydrogens is 706 g/mol. The number of anilines is 1. The molecule has 3 atom stereocenters. The Morgan fingerprint density at radius 1 is 1.22 bits per heavy atom. The Morgan fingerprint density at radius 2 is 1.94 bits per heavy atom. The SMILES string of the molecule is C[C@H](O/N=C(\C(=O)N[C@@H]1C(=O)N2C(C(=O)O)=C(C[N+]3(CCNC(=O)c4ccc(O)c(O)c4Cl)CCCC3)CS[C@H]12)c1csc(N)n1)C(=O)O. The number of thiazole rings is 1. The van der Waals surface area contributed by atoms with Crippen molar-refractivity contribution in [3.05, 3.63) is 45.1 Å². The highest BCUT2D eigenvalue weighted by atomic mass is 35.5. The molecule has 0 spiro atoms. The molecule has 3 amide bonds. The summed E-state index contributed by atoms with van der Waals surface area (Å²) in [7, 11) is 0. The zero-order chi connectivity index (χ0) is 35.6. The quantitative estimate of drug-likeness (QED) is 0.0493. The maximum absolute atomic E-state index is 13.4. The average Bonchev–Trinajstić information content (AvgIpc) is 3.71. The first kappa shape index (κ1) is 35.7. The molecule has 0 radical (unpaired) electrons. The lowest BCUT2D eigenvalue weighted by Gasteiger charge is -2.50. The number of nitrogens with one attached hydrogen (secondary N) is 2. The second-order valence-electron chi connectivity index (χ2n) is 11.6. The van der Waals surface area contributed by atoms with Crippen LogP contribution in [0.1, 0.15) is 35.8 Å². The Labute approximate surface area is 291 Å². The molecule has 2 fully saturated rings. The lowest BCUT2D eigenvalue weighted by molar-refractivity contribution is -0.911. The molecule has 3 aliphatic rings. The summed E-state index contributed by atoms with van der Waals surface area (Å²) in [6.45, 7) is 3.64. The van der Waals surface area contributed by atoms with Crippen LogP contribution in [0.2, 0.25) is 5.02 Å². The highest BCUT2D eigenvalue weighted by Crippen LogP contribution is 2.41. The van der Waals surface area contributed by atoms with E-state index in [1.165, 1.54) is 30.1 Å². The number of hydrogen-bond donors (Lipinski definition) is 7. The third-order valence-corrected chi connectivity index (χ3v) is 10.8. The van der Waals surface area contributed by atoms with Crippen LogP contribution in [-0.4, -0.2) is 126 Å². The number of nitrogens with zero attached hydrogens (tertiary/aromatic N) is 4. The molecule has 20 heteroatoms. The van der Waals surface area contributed by atoms with Crippen molar-refractivity contribution >= 4 is 75.2 Å². The van der Waals surface area contributed by atoms with E-state index in [-0.39, 0.29) is 39.4 Å². The first-order chi connectivity index (χ1) is 23.2. The summed E-state index contributed by atoms with van der Waals surface area (Å²) < 4.78 is 0.472. The van der Waals surface area contributed by atoms with Crippen molar-refractivity contribution in [3.63, 3.8) is 0 Å². The number of amides is 3. The van der Waals surface area contributed by atoms with E-state index in [1.54, 1.807) is 0 Å². The van der Waals surface area contributed by atoms with Crippen molar-refractivity contribution in [1.29, 1.82) is 0 Å². The number of nitrogens with two attached hydrogens (primary N) is 1. The number of β-lactam (4-membered cyclic amide) rings is 1. The van der Waals surface area contributed by atoms with Crippen LogP contribution in [0.3, 0.4) is 0 Å². The fourth-order valence-electron chi connectivity index (χ4n) is 5.90. The van der Waals surface area contributed by atoms with Crippen molar-refractivity contribution in [3.8, 4) is 11.5 Å². The Hall–Kier alpha value is -4.59. The van der Waals surface area contributed by atoms with Crippen molar-refractivity contribution in [2.45, 2.75) is 37.3 Å². The van der Waals surface area contributed by atoms with E-state index in [1.807, 2.05) is 0 Å². The predicted molar refractivity (Wildman–Crippen MR) is 177 cm³/mol. The minimum atomic E-state index is -1.39. The largest absolute Gasteiger partial charge is 0.504 e. The zero-order valence-corrected chi connectivity index (χ0v) is 28.3. The van der Waals surface area contributed by atoms with Crippen LogP contribution in [0, 0.1) is 0 Å². The molecule has 1 aromatic carbocycles. The van der Waals surface area contributed by atoms with Gasteiger partial charge in [-0.05, 0) is 19.1 Å². The topological polar surface area (TPSA) is 254 Å². The summed E-state index contributed by atoms with van der Waals surface area (Å²) in [4.78, 5) is 73.3. The van der Waals surface area contributed by atoms with Crippen molar-refractivity contribution < 1.29 is 53.7 Å². The molecule has 1 aromatic heterocycles. The Bertz CT molecular complexity index is 1760. The number of rotatable bonds is 13. The number of hydrogen-bond acceptors (Lipinski definition) is 13. The maximum atomic E-state index is 13.4. The number of phenols is 2. The van der Waals surface area contributed by atoms with Crippen LogP contribution in [-0.2, 0) is 24.0 Å². The van der Waals surface area contributed by atoms with Crippen LogP contribution < -0.4 is 16.4 Å². The number of nitrogen functional groups attached to an aromatic ring is 1. The van der Waals surface area contributed by atoms with Gasteiger partial charge in [0.05, 0.1) is 36.8 Å². The normalized spacial score (nSPS) is 20.7. The smallest absolute Gasteiger partial charge is 0.352 e. The van der Waals surface area contributed by atoms with Gasteiger partial charge in [-0.2, -0.15) is 0 Å². The van der Waals surface area contributed by atoms with Gasteiger partial charge < -0.3 is 46.1 Å². The number of carbonyl (C=O) groups is 5. The summed E-state index contributed by atoms with van der Waals surface area (Å²) in [6, 6.07) is 1.34. The predicted octanol–water partition coefficient (Wildman–Crippen LogP) is 0.763. The number of halogens is 1. The molecule has 0 aliphatic carbocycles. The zero-order valence-electron chi connectivity index (χ0n) is 25.9. The molecule has 2 saturated heterocycles. The van der Waals surface area contributed by atoms with E-state index in [0.29, 0.717) is 23.1 Å². The number of benzene rings is 1. The van der Waals surface area contributed by atoms with E-state index in [9.17, 15) is 39.3 Å². The summed E-state index contributed by atoms with van der Waals surface area (Å²) in [5.41, 5.74) is 5.68. The second-order valence-corrected chi connectivity index (χ2v) is 14.0. The molecule has 49 heavy (non-hydrogen) atoms. The molecule has 0 bridgehead atoms. The minimum absolute atomic E-state index is 0.00560. The fourth-order valence-corrected chi connectivity index (χ4v) is 8.02. The summed E-state index contributed by atoms with van der Waals surface area (Å²) in [5.74, 6) is -5.48. The van der Waals surface area contributed by atoms with Gasteiger partial charge in [0.1, 0.15) is 29.4 Å². The Kier molecular flexibility index (Phi) is 10.6. The van der Waals surface area contributed by atoms with E-state index in [2.05, 4.69) is 20.8 Å². The molecule has 3 aliphatic heterocycles. The van der Waals surface area contributed by atoms with Gasteiger partial charge >= 0.3 is 11.9 Å². The molecule has 17 nitrogen and oxygen atoms in total. The van der Waals surface area contributed by atoms with Gasteiger partial charge in [0.25, 0.3) is 17.7 Å². The van der Waals surface area contributed by atoms with Crippen molar-refractivity contribution in [2.75, 3.05) is 44.2 Å². The molecule has 5 rings (SSSR count). The highest BCUT2D eigenvalue weighted by Gasteiger charge is 2.55. The van der Waals surface area contributed by atoms with Gasteiger partial charge in [0.2, 0.25) is 6.10 Å². The van der Waals surface area contributed by atoms with E-state index in [0.717, 1.165) is 48.2 Å². The van der Waals surface area contributed by atoms with Gasteiger partial charge in [-0.1, -0.05) is 16.8 Å². The second kappa shape index (κ2) is 14.5. The summed E-state index contributed by atoms with van der Waals surface area (Å²) >= 11 is 8.33. The number of aliphatic carboxylic acids is 2. The third kappa shape index (κ3) is 7.38. The fraction of sp³-hybridized carbons (Fsp3) is 0.414. The molecule has 8 N–H and O–H groups in total. The van der Waals surface area contributed by atoms with Gasteiger partial charge in [-0.15, -0.1) is 23.1 Å². The van der Waals surface area contributed by atoms with Gasteiger partial charge in [-0.25, -0.2) is 14.6 Å². The number of phenolic OH excluding ortho intramolecular Hbond substituents is 2. The van der Waals surface area contributed by atoms with Crippen LogP contribution >= 0.6 is 34.7 Å². The van der Waals surface area contributed by atoms with Crippen LogP contribution in [0.4, 0.5) is 5.13 Å². The van der Waals surface area contributed by atoms with E-state index in [4.69, 9.17) is 27.3 Å². The number of quaternary nitrogens is 1. The monoisotopic (exact) mass is 738 g/mol. The lowest BCUT2D eigenvalue weighted by Crippen LogP contribution is -2.71. The first-order valence-electron chi connectivity index (χ1n) is 15.0. The lowest BCUT2D eigenvalue weighted by atomic mass is 10.0. The van der Waals surface area contributed by atoms with Crippen molar-refractivity contribution in [1.82, 2.24) is 20.5 Å². The third-order valence-electron chi connectivity index (χ3n) is 8.42. The molecule has 262 valence electrons. The van der Waals surface area contributed by atoms with Gasteiger partial charge in [0, 0.05) is 29.5 Å². The number of likely N-dealkylation sites (tertiary alicyclic amines) is 1. The highest BCUT2D eigenvalue weighted by molar-refractivity contribution is 8.00. The minimum Gasteiger partial charge on any atom is -0.504 e. The van der Waals surface area contributed by atoms with Crippen LogP contribution in [0.25, 0.3) is 0 Å². The Balaban J connectivity index is 1.29. The van der Waals surface area contributed by atoms with Gasteiger partial charge in [0.15, 0.2) is 22.3 Å². The number of carbonyl (C=O) groups excluding carboxylic acids is 3. The number of carboxylic acid groups (broad SMARTS) is 2. The van der Waals surface area contributed by atoms with E-state index >= 15 is 0 Å². The van der Waals surface area contributed by atoms with Gasteiger partial charge in [-0.3, -0.25) is 19.3 Å². The van der Waals surface area contributed by atoms with E-state index < -0.39 is 64.4 Å². The maximum Gasteiger partial charge on any atom is 0.352 e. The molecule has 4 heterocycles. The summed E-state index contributed by atoms with van der Waals surface area (Å²) in [6.07, 6.45) is 0.384. The molecule has 0 unspecified atom stereocenters. The number of aromatic hydroxyl groups is 2. The number of oxime groups is 1. The van der Waals surface area contributed by atoms with Crippen LogP contribution in [0.5, 0.6) is 11.5 Å². The van der Waals surface area contributed by atoms with Crippen molar-refractivity contribution in [2.24, 2.45) is 5.16 Å². The number of carboxylic acids is 2. The Morgan fingerprint density at radius 3 is 2.57 bits per heavy atom. The first-order valence-corrected chi connectivity index (χ1v) is 17.3. The number of aromatic nitrogens is 1. The van der Waals surface area contributed by atoms with Crippen LogP contribution in [0.15, 0.2) is 33.9 Å². The summed E-state index contributed by atoms with van der Waals surface area (Å²) in [5, 5.41) is 48.4.